The number of benzene rings is 3. The van der Waals surface area contributed by atoms with E-state index in [4.69, 9.17) is 29.2 Å². The summed E-state index contributed by atoms with van der Waals surface area (Å²) in [5.74, 6) is 5.10. The van der Waals surface area contributed by atoms with E-state index >= 15 is 0 Å². The van der Waals surface area contributed by atoms with Gasteiger partial charge in [0.25, 0.3) is 0 Å². The van der Waals surface area contributed by atoms with Gasteiger partial charge in [0.15, 0.2) is 17.5 Å². The highest BCUT2D eigenvalue weighted by Gasteiger charge is 2.18. The van der Waals surface area contributed by atoms with E-state index in [-0.39, 0.29) is 23.1 Å². The average Bonchev–Trinajstić information content (AvgIpc) is 3.12. The van der Waals surface area contributed by atoms with Gasteiger partial charge in [-0.2, -0.15) is 0 Å². The summed E-state index contributed by atoms with van der Waals surface area (Å²) in [7, 11) is 0. The molecule has 8 heteroatoms. The van der Waals surface area contributed by atoms with E-state index in [1.807, 2.05) is 36.4 Å². The van der Waals surface area contributed by atoms with Crippen molar-refractivity contribution in [3.05, 3.63) is 60.7 Å². The molecule has 0 aliphatic rings. The summed E-state index contributed by atoms with van der Waals surface area (Å²) >= 11 is 0. The van der Waals surface area contributed by atoms with Crippen LogP contribution in [0.25, 0.3) is 34.2 Å². The van der Waals surface area contributed by atoms with E-state index < -0.39 is 0 Å². The number of hydrogen-bond acceptors (Lipinski definition) is 8. The lowest BCUT2D eigenvalue weighted by Crippen LogP contribution is -2.02. The van der Waals surface area contributed by atoms with Crippen molar-refractivity contribution >= 4 is 0 Å². The molecule has 1 aromatic heterocycles. The Labute approximate surface area is 318 Å². The second-order valence-corrected chi connectivity index (χ2v) is 15.5. The molecule has 0 amide bonds. The molecule has 0 aliphatic heterocycles. The van der Waals surface area contributed by atoms with Crippen molar-refractivity contribution in [2.75, 3.05) is 19.8 Å². The summed E-state index contributed by atoms with van der Waals surface area (Å²) in [5, 5.41) is 22.3. The fraction of sp³-hybridized carbons (Fsp3) is 0.533. The fourth-order valence-electron chi connectivity index (χ4n) is 6.09. The monoisotopic (exact) mass is 725 g/mol. The van der Waals surface area contributed by atoms with Crippen molar-refractivity contribution in [1.82, 2.24) is 15.0 Å². The van der Waals surface area contributed by atoms with Gasteiger partial charge < -0.3 is 24.4 Å². The molecule has 0 saturated carbocycles. The first-order chi connectivity index (χ1) is 25.6. The Morgan fingerprint density at radius 3 is 1.17 bits per heavy atom. The molecule has 0 aliphatic carbocycles. The van der Waals surface area contributed by atoms with Gasteiger partial charge in [-0.1, -0.05) is 99.3 Å². The van der Waals surface area contributed by atoms with Crippen LogP contribution in [0, 0.1) is 17.8 Å². The average molecular weight is 726 g/mol. The van der Waals surface area contributed by atoms with Gasteiger partial charge in [0, 0.05) is 17.7 Å². The van der Waals surface area contributed by atoms with E-state index in [2.05, 4.69) is 41.5 Å². The van der Waals surface area contributed by atoms with Crippen LogP contribution in [-0.2, 0) is 0 Å². The van der Waals surface area contributed by atoms with Gasteiger partial charge in [0.05, 0.1) is 30.9 Å². The number of phenols is 2. The van der Waals surface area contributed by atoms with Gasteiger partial charge in [-0.25, -0.2) is 15.0 Å². The Kier molecular flexibility index (Phi) is 17.2. The van der Waals surface area contributed by atoms with E-state index in [0.29, 0.717) is 60.1 Å². The van der Waals surface area contributed by atoms with E-state index in [1.54, 1.807) is 24.3 Å². The summed E-state index contributed by atoms with van der Waals surface area (Å²) < 4.78 is 17.9. The molecule has 0 atom stereocenters. The topological polar surface area (TPSA) is 107 Å². The summed E-state index contributed by atoms with van der Waals surface area (Å²) in [6.07, 6.45) is 13.6. The molecular formula is C45H63N3O5. The Hall–Kier alpha value is -4.33. The molecule has 2 N–H and O–H groups in total. The van der Waals surface area contributed by atoms with Crippen LogP contribution in [0.3, 0.4) is 0 Å². The predicted octanol–water partition coefficient (Wildman–Crippen LogP) is 12.1. The first-order valence-electron chi connectivity index (χ1n) is 20.0. The van der Waals surface area contributed by atoms with Crippen molar-refractivity contribution in [2.45, 2.75) is 119 Å². The Bertz CT molecular complexity index is 1570. The zero-order valence-electron chi connectivity index (χ0n) is 33.1. The molecule has 0 unspecified atom stereocenters. The van der Waals surface area contributed by atoms with Gasteiger partial charge in [0.2, 0.25) is 0 Å². The molecule has 288 valence electrons. The minimum absolute atomic E-state index is 0.00362. The molecule has 0 fully saturated rings. The van der Waals surface area contributed by atoms with Crippen LogP contribution in [-0.4, -0.2) is 45.0 Å². The number of unbranched alkanes of at least 4 members (excludes halogenated alkanes) is 6. The molecule has 0 saturated heterocycles. The van der Waals surface area contributed by atoms with Gasteiger partial charge in [-0.3, -0.25) is 0 Å². The lowest BCUT2D eigenvalue weighted by Gasteiger charge is -2.13. The highest BCUT2D eigenvalue weighted by atomic mass is 16.5. The number of hydrogen-bond donors (Lipinski definition) is 2. The standard InChI is InChI=1S/C45H63N3O5/c1-32(2)16-10-7-13-27-51-36-21-19-35(20-22-36)43-46-44(39-25-23-37(30-41(39)49)52-28-14-8-11-17-33(3)4)48-45(47-43)40-26-24-38(31-42(40)50)53-29-15-9-12-18-34(5)6/h19-26,30-34,49-50H,7-18,27-29H2,1-6H3. The van der Waals surface area contributed by atoms with Crippen molar-refractivity contribution in [2.24, 2.45) is 17.8 Å². The summed E-state index contributed by atoms with van der Waals surface area (Å²) in [5.41, 5.74) is 1.63. The molecular weight excluding hydrogens is 663 g/mol. The number of aromatic hydroxyl groups is 2. The predicted molar refractivity (Wildman–Crippen MR) is 216 cm³/mol. The third-order valence-corrected chi connectivity index (χ3v) is 9.25. The number of rotatable bonds is 24. The minimum Gasteiger partial charge on any atom is -0.507 e. The first kappa shape index (κ1) is 41.4. The maximum absolute atomic E-state index is 11.2. The molecule has 4 rings (SSSR count). The van der Waals surface area contributed by atoms with Crippen LogP contribution >= 0.6 is 0 Å². The van der Waals surface area contributed by atoms with E-state index in [0.717, 1.165) is 55.8 Å². The third-order valence-electron chi connectivity index (χ3n) is 9.25. The molecule has 0 spiro atoms. The number of ether oxygens (including phenoxy) is 3. The summed E-state index contributed by atoms with van der Waals surface area (Å²) in [4.78, 5) is 14.3. The first-order valence-corrected chi connectivity index (χ1v) is 20.0. The summed E-state index contributed by atoms with van der Waals surface area (Å²) in [6, 6.07) is 18.1. The van der Waals surface area contributed by atoms with Crippen LogP contribution < -0.4 is 14.2 Å². The second kappa shape index (κ2) is 22.0. The zero-order chi connectivity index (χ0) is 38.0. The maximum atomic E-state index is 11.2. The number of aromatic nitrogens is 3. The fourth-order valence-corrected chi connectivity index (χ4v) is 6.09. The second-order valence-electron chi connectivity index (χ2n) is 15.5. The number of phenolic OH excluding ortho intramolecular Hbond substituents is 2. The Balaban J connectivity index is 1.53. The smallest absolute Gasteiger partial charge is 0.167 e. The SMILES string of the molecule is CC(C)CCCCCOc1ccc(-c2nc(-c3ccc(OCCCCCC(C)C)cc3O)nc(-c3ccc(OCCCCCC(C)C)cc3O)n2)cc1. The van der Waals surface area contributed by atoms with Crippen LogP contribution in [0.5, 0.6) is 28.7 Å². The van der Waals surface area contributed by atoms with Crippen LogP contribution in [0.2, 0.25) is 0 Å². The van der Waals surface area contributed by atoms with Crippen LogP contribution in [0.4, 0.5) is 0 Å². The lowest BCUT2D eigenvalue weighted by atomic mass is 10.1. The normalized spacial score (nSPS) is 11.5. The summed E-state index contributed by atoms with van der Waals surface area (Å²) in [6.45, 7) is 15.3. The molecule has 1 heterocycles. The van der Waals surface area contributed by atoms with Gasteiger partial charge in [-0.15, -0.1) is 0 Å². The third kappa shape index (κ3) is 14.5. The van der Waals surface area contributed by atoms with Crippen LogP contribution in [0.15, 0.2) is 60.7 Å². The lowest BCUT2D eigenvalue weighted by molar-refractivity contribution is 0.301. The maximum Gasteiger partial charge on any atom is 0.167 e. The minimum atomic E-state index is 0.00362. The van der Waals surface area contributed by atoms with Crippen molar-refractivity contribution in [3.8, 4) is 62.9 Å². The van der Waals surface area contributed by atoms with Crippen molar-refractivity contribution < 1.29 is 24.4 Å². The highest BCUT2D eigenvalue weighted by molar-refractivity contribution is 5.72. The van der Waals surface area contributed by atoms with Crippen molar-refractivity contribution in [3.63, 3.8) is 0 Å². The van der Waals surface area contributed by atoms with Gasteiger partial charge >= 0.3 is 0 Å². The van der Waals surface area contributed by atoms with Gasteiger partial charge in [-0.05, 0) is 85.5 Å². The highest BCUT2D eigenvalue weighted by Crippen LogP contribution is 2.36. The molecule has 0 radical (unpaired) electrons. The zero-order valence-corrected chi connectivity index (χ0v) is 33.1. The van der Waals surface area contributed by atoms with E-state index in [1.165, 1.54) is 38.5 Å². The number of nitrogens with zero attached hydrogens (tertiary/aromatic N) is 3. The molecule has 4 aromatic rings. The molecule has 53 heavy (non-hydrogen) atoms. The Morgan fingerprint density at radius 1 is 0.434 bits per heavy atom. The van der Waals surface area contributed by atoms with Crippen LogP contribution in [0.1, 0.15) is 119 Å². The quantitative estimate of drug-likeness (QED) is 0.0688. The van der Waals surface area contributed by atoms with E-state index in [9.17, 15) is 10.2 Å². The molecule has 8 nitrogen and oxygen atoms in total. The molecule has 0 bridgehead atoms. The largest absolute Gasteiger partial charge is 0.507 e. The Morgan fingerprint density at radius 2 is 0.792 bits per heavy atom. The van der Waals surface area contributed by atoms with Crippen molar-refractivity contribution in [1.29, 1.82) is 0 Å². The van der Waals surface area contributed by atoms with Gasteiger partial charge in [0.1, 0.15) is 28.7 Å². The molecule has 3 aromatic carbocycles.